The van der Waals surface area contributed by atoms with Crippen LogP contribution in [0.5, 0.6) is 0 Å². The van der Waals surface area contributed by atoms with E-state index in [9.17, 15) is 4.79 Å². The molecule has 0 amide bonds. The molecule has 4 aliphatic rings. The van der Waals surface area contributed by atoms with Crippen molar-refractivity contribution in [1.82, 2.24) is 0 Å². The van der Waals surface area contributed by atoms with Gasteiger partial charge in [0.1, 0.15) is 0 Å². The highest BCUT2D eigenvalue weighted by Gasteiger charge is 2.56. The molecule has 21 heavy (non-hydrogen) atoms. The molecule has 0 spiro atoms. The third kappa shape index (κ3) is 1.73. The summed E-state index contributed by atoms with van der Waals surface area (Å²) < 4.78 is 0. The first-order valence-electron chi connectivity index (χ1n) is 8.56. The van der Waals surface area contributed by atoms with Gasteiger partial charge < -0.3 is 0 Å². The average molecular weight is 282 g/mol. The summed E-state index contributed by atoms with van der Waals surface area (Å²) in [5.41, 5.74) is 3.54. The minimum absolute atomic E-state index is 0.126. The molecule has 3 saturated carbocycles. The van der Waals surface area contributed by atoms with Crippen LogP contribution >= 0.6 is 0 Å². The fraction of sp³-hybridized carbons (Fsp3) is 0.650. The van der Waals surface area contributed by atoms with Crippen LogP contribution in [0.25, 0.3) is 0 Å². The largest absolute Gasteiger partial charge is 0.290 e. The Bertz CT molecular complexity index is 581. The van der Waals surface area contributed by atoms with E-state index in [1.54, 1.807) is 0 Å². The van der Waals surface area contributed by atoms with Crippen molar-refractivity contribution in [2.45, 2.75) is 52.4 Å². The third-order valence-electron chi connectivity index (χ3n) is 7.30. The van der Waals surface area contributed by atoms with E-state index < -0.39 is 0 Å². The highest BCUT2D eigenvalue weighted by atomic mass is 16.1. The lowest BCUT2D eigenvalue weighted by atomic mass is 9.48. The van der Waals surface area contributed by atoms with E-state index in [0.29, 0.717) is 11.3 Å². The maximum atomic E-state index is 11.7. The van der Waals surface area contributed by atoms with Crippen LogP contribution in [-0.4, -0.2) is 5.78 Å². The number of carbonyl (C=O) groups is 1. The predicted octanol–water partition coefficient (Wildman–Crippen LogP) is 4.85. The maximum Gasteiger partial charge on any atom is 0.178 e. The molecule has 0 unspecified atom stereocenters. The van der Waals surface area contributed by atoms with Crippen molar-refractivity contribution in [2.75, 3.05) is 0 Å². The Kier molecular flexibility index (Phi) is 2.72. The lowest BCUT2D eigenvalue weighted by molar-refractivity contribution is -0.111. The number of rotatable bonds is 0. The summed E-state index contributed by atoms with van der Waals surface area (Å²) in [6.07, 6.45) is 13.5. The Morgan fingerprint density at radius 3 is 2.81 bits per heavy atom. The first kappa shape index (κ1) is 13.5. The molecule has 0 aromatic carbocycles. The average Bonchev–Trinajstić information content (AvgIpc) is 2.76. The van der Waals surface area contributed by atoms with Crippen molar-refractivity contribution in [3.8, 4) is 0 Å². The van der Waals surface area contributed by atoms with Crippen molar-refractivity contribution >= 4 is 5.78 Å². The molecule has 1 heteroatoms. The van der Waals surface area contributed by atoms with Gasteiger partial charge in [-0.2, -0.15) is 0 Å². The molecule has 4 aliphatic carbocycles. The van der Waals surface area contributed by atoms with Gasteiger partial charge in [0, 0.05) is 5.41 Å². The molecule has 0 aliphatic heterocycles. The Balaban J connectivity index is 1.74. The molecule has 0 N–H and O–H groups in total. The number of hydrogen-bond donors (Lipinski definition) is 0. The van der Waals surface area contributed by atoms with Gasteiger partial charge in [0.25, 0.3) is 0 Å². The van der Waals surface area contributed by atoms with Crippen LogP contribution < -0.4 is 0 Å². The van der Waals surface area contributed by atoms with E-state index in [1.165, 1.54) is 43.3 Å². The van der Waals surface area contributed by atoms with E-state index in [2.05, 4.69) is 26.5 Å². The Morgan fingerprint density at radius 2 is 2.00 bits per heavy atom. The molecule has 5 atom stereocenters. The van der Waals surface area contributed by atoms with Crippen LogP contribution in [0.15, 0.2) is 36.0 Å². The molecule has 0 bridgehead atoms. The summed E-state index contributed by atoms with van der Waals surface area (Å²) in [5.74, 6) is 2.39. The molecular formula is C20H26O. The SMILES string of the molecule is C=C1CC[C@@]2(C)CC[C@H]3[C@@H](CCC4=CC(=O)C=C[C@@]43C)[C@H]12. The van der Waals surface area contributed by atoms with Crippen LogP contribution in [-0.2, 0) is 4.79 Å². The number of ketones is 1. The molecule has 0 aromatic rings. The van der Waals surface area contributed by atoms with Crippen molar-refractivity contribution < 1.29 is 4.79 Å². The highest BCUT2D eigenvalue weighted by molar-refractivity contribution is 6.01. The van der Waals surface area contributed by atoms with Gasteiger partial charge in [-0.05, 0) is 73.8 Å². The standard InChI is InChI=1S/C20H26O/c1-13-6-9-19(2)10-8-17-16(18(13)19)5-4-14-12-15(21)7-11-20(14,17)3/h7,11-12,16-18H,1,4-6,8-10H2,2-3H3/t16-,17+,18+,19+,20+/m1/s1. The topological polar surface area (TPSA) is 17.1 Å². The summed E-state index contributed by atoms with van der Waals surface area (Å²) in [6.45, 7) is 9.30. The fourth-order valence-electron chi connectivity index (χ4n) is 6.16. The molecule has 0 aromatic heterocycles. The molecule has 1 nitrogen and oxygen atoms in total. The van der Waals surface area contributed by atoms with E-state index in [-0.39, 0.29) is 11.2 Å². The smallest absolute Gasteiger partial charge is 0.178 e. The monoisotopic (exact) mass is 282 g/mol. The highest BCUT2D eigenvalue weighted by Crippen LogP contribution is 2.65. The first-order chi connectivity index (χ1) is 9.94. The van der Waals surface area contributed by atoms with Crippen LogP contribution in [0, 0.1) is 28.6 Å². The van der Waals surface area contributed by atoms with Crippen molar-refractivity contribution in [3.63, 3.8) is 0 Å². The summed E-state index contributed by atoms with van der Waals surface area (Å²) in [5, 5.41) is 0. The minimum Gasteiger partial charge on any atom is -0.290 e. The molecule has 112 valence electrons. The number of carbonyl (C=O) groups excluding carboxylic acids is 1. The minimum atomic E-state index is 0.126. The normalized spacial score (nSPS) is 48.5. The van der Waals surface area contributed by atoms with Gasteiger partial charge in [-0.1, -0.05) is 37.6 Å². The van der Waals surface area contributed by atoms with Gasteiger partial charge in [0.15, 0.2) is 5.78 Å². The Labute approximate surface area is 128 Å². The molecule has 3 fully saturated rings. The molecular weight excluding hydrogens is 256 g/mol. The zero-order valence-corrected chi connectivity index (χ0v) is 13.3. The van der Waals surface area contributed by atoms with Crippen molar-refractivity contribution in [1.29, 1.82) is 0 Å². The first-order valence-corrected chi connectivity index (χ1v) is 8.56. The quantitative estimate of drug-likeness (QED) is 0.580. The zero-order chi connectivity index (χ0) is 14.8. The zero-order valence-electron chi connectivity index (χ0n) is 13.3. The summed E-state index contributed by atoms with van der Waals surface area (Å²) in [4.78, 5) is 11.7. The van der Waals surface area contributed by atoms with Crippen molar-refractivity contribution in [3.05, 3.63) is 36.0 Å². The number of allylic oxidation sites excluding steroid dienone is 5. The van der Waals surface area contributed by atoms with E-state index in [4.69, 9.17) is 0 Å². The number of hydrogen-bond acceptors (Lipinski definition) is 1. The van der Waals surface area contributed by atoms with Gasteiger partial charge in [0.05, 0.1) is 0 Å². The second-order valence-electron chi connectivity index (χ2n) is 8.33. The van der Waals surface area contributed by atoms with Crippen molar-refractivity contribution in [2.24, 2.45) is 28.6 Å². The van der Waals surface area contributed by atoms with E-state index in [0.717, 1.165) is 18.3 Å². The van der Waals surface area contributed by atoms with Crippen LogP contribution in [0.4, 0.5) is 0 Å². The molecule has 4 rings (SSSR count). The van der Waals surface area contributed by atoms with E-state index in [1.807, 2.05) is 12.2 Å². The Morgan fingerprint density at radius 1 is 1.19 bits per heavy atom. The maximum absolute atomic E-state index is 11.7. The lowest BCUT2D eigenvalue weighted by Gasteiger charge is -2.56. The summed E-state index contributed by atoms with van der Waals surface area (Å²) in [7, 11) is 0. The van der Waals surface area contributed by atoms with Crippen LogP contribution in [0.2, 0.25) is 0 Å². The lowest BCUT2D eigenvalue weighted by Crippen LogP contribution is -2.48. The molecule has 0 radical (unpaired) electrons. The second kappa shape index (κ2) is 4.21. The van der Waals surface area contributed by atoms with Crippen LogP contribution in [0.1, 0.15) is 52.4 Å². The van der Waals surface area contributed by atoms with Gasteiger partial charge in [0.2, 0.25) is 0 Å². The summed E-state index contributed by atoms with van der Waals surface area (Å²) >= 11 is 0. The Hall–Kier alpha value is -1.11. The fourth-order valence-corrected chi connectivity index (χ4v) is 6.16. The summed E-state index contributed by atoms with van der Waals surface area (Å²) in [6, 6.07) is 0. The van der Waals surface area contributed by atoms with Gasteiger partial charge in [-0.15, -0.1) is 0 Å². The second-order valence-corrected chi connectivity index (χ2v) is 8.33. The van der Waals surface area contributed by atoms with Gasteiger partial charge in [-0.25, -0.2) is 0 Å². The van der Waals surface area contributed by atoms with Gasteiger partial charge >= 0.3 is 0 Å². The molecule has 0 saturated heterocycles. The number of fused-ring (bicyclic) bond motifs is 5. The van der Waals surface area contributed by atoms with E-state index >= 15 is 0 Å². The molecule has 0 heterocycles. The van der Waals surface area contributed by atoms with Gasteiger partial charge in [-0.3, -0.25) is 4.79 Å². The predicted molar refractivity (Wildman–Crippen MR) is 85.8 cm³/mol. The third-order valence-corrected chi connectivity index (χ3v) is 7.30. The van der Waals surface area contributed by atoms with Crippen LogP contribution in [0.3, 0.4) is 0 Å².